The molecule has 0 aromatic rings. The highest BCUT2D eigenvalue weighted by Crippen LogP contribution is 2.30. The van der Waals surface area contributed by atoms with E-state index in [9.17, 15) is 0 Å². The molecule has 1 aliphatic rings. The van der Waals surface area contributed by atoms with Crippen LogP contribution in [0.4, 0.5) is 0 Å². The molecule has 1 N–H and O–H groups in total. The summed E-state index contributed by atoms with van der Waals surface area (Å²) in [7, 11) is 0. The number of allylic oxidation sites excluding steroid dienone is 1. The highest BCUT2D eigenvalue weighted by Gasteiger charge is 2.14. The van der Waals surface area contributed by atoms with Gasteiger partial charge < -0.3 is 5.11 Å². The highest BCUT2D eigenvalue weighted by atomic mass is 16.2. The van der Waals surface area contributed by atoms with E-state index in [4.69, 9.17) is 5.11 Å². The van der Waals surface area contributed by atoms with E-state index >= 15 is 0 Å². The van der Waals surface area contributed by atoms with Crippen LogP contribution in [0.25, 0.3) is 0 Å². The summed E-state index contributed by atoms with van der Waals surface area (Å²) in [4.78, 5) is 0. The average Bonchev–Trinajstić information content (AvgIpc) is 2.31. The molecule has 0 heterocycles. The Hall–Kier alpha value is -0.300. The second-order valence-electron chi connectivity index (χ2n) is 3.08. The number of rotatable bonds is 2. The van der Waals surface area contributed by atoms with E-state index in [-0.39, 0.29) is 0 Å². The molecule has 0 radical (unpaired) electrons. The van der Waals surface area contributed by atoms with E-state index in [1.807, 2.05) is 0 Å². The Morgan fingerprint density at radius 2 is 2.50 bits per heavy atom. The van der Waals surface area contributed by atoms with E-state index < -0.39 is 0 Å². The minimum absolute atomic E-state index is 0.302. The smallest absolute Gasteiger partial charge is 0.0465 e. The largest absolute Gasteiger partial charge is 0.396 e. The Bertz CT molecular complexity index is 127. The summed E-state index contributed by atoms with van der Waals surface area (Å²) >= 11 is 0. The molecule has 1 aliphatic carbocycles. The van der Waals surface area contributed by atoms with Gasteiger partial charge >= 0.3 is 0 Å². The standard InChI is InChI=1S/C9H16O/c1-8-4-2-5-9(8)6-3-7-10/h6,8,10H,2-5,7H2,1H3/b9-6-/t8-/m0/s1. The lowest BCUT2D eigenvalue weighted by Gasteiger charge is -2.02. The van der Waals surface area contributed by atoms with Crippen molar-refractivity contribution in [2.45, 2.75) is 32.6 Å². The van der Waals surface area contributed by atoms with Crippen molar-refractivity contribution in [2.75, 3.05) is 6.61 Å². The molecule has 0 aliphatic heterocycles. The van der Waals surface area contributed by atoms with Gasteiger partial charge in [-0.3, -0.25) is 0 Å². The van der Waals surface area contributed by atoms with Crippen LogP contribution in [0.5, 0.6) is 0 Å². The van der Waals surface area contributed by atoms with Gasteiger partial charge in [0.05, 0.1) is 0 Å². The third-order valence-corrected chi connectivity index (χ3v) is 2.27. The van der Waals surface area contributed by atoms with Crippen molar-refractivity contribution in [1.29, 1.82) is 0 Å². The van der Waals surface area contributed by atoms with E-state index in [1.165, 1.54) is 19.3 Å². The van der Waals surface area contributed by atoms with Gasteiger partial charge in [-0.1, -0.05) is 18.6 Å². The minimum atomic E-state index is 0.302. The van der Waals surface area contributed by atoms with E-state index in [2.05, 4.69) is 13.0 Å². The van der Waals surface area contributed by atoms with Gasteiger partial charge in [0.2, 0.25) is 0 Å². The molecule has 0 saturated heterocycles. The second kappa shape index (κ2) is 3.77. The maximum atomic E-state index is 8.57. The van der Waals surface area contributed by atoms with Crippen LogP contribution in [0.2, 0.25) is 0 Å². The van der Waals surface area contributed by atoms with Gasteiger partial charge in [-0.15, -0.1) is 0 Å². The molecular weight excluding hydrogens is 124 g/mol. The van der Waals surface area contributed by atoms with Crippen molar-refractivity contribution < 1.29 is 5.11 Å². The van der Waals surface area contributed by atoms with Crippen LogP contribution in [-0.2, 0) is 0 Å². The van der Waals surface area contributed by atoms with Crippen molar-refractivity contribution >= 4 is 0 Å². The number of hydrogen-bond acceptors (Lipinski definition) is 1. The summed E-state index contributed by atoms with van der Waals surface area (Å²) in [5.74, 6) is 0.784. The van der Waals surface area contributed by atoms with Crippen molar-refractivity contribution in [3.8, 4) is 0 Å². The van der Waals surface area contributed by atoms with E-state index in [0.29, 0.717) is 6.61 Å². The molecular formula is C9H16O. The first-order chi connectivity index (χ1) is 4.84. The SMILES string of the molecule is C[C@H]1CCC/C1=C/CCO. The lowest BCUT2D eigenvalue weighted by Crippen LogP contribution is -1.89. The van der Waals surface area contributed by atoms with Crippen LogP contribution in [0, 0.1) is 5.92 Å². The maximum Gasteiger partial charge on any atom is 0.0465 e. The third kappa shape index (κ3) is 1.84. The molecule has 1 nitrogen and oxygen atoms in total. The van der Waals surface area contributed by atoms with Gasteiger partial charge in [-0.25, -0.2) is 0 Å². The molecule has 0 aromatic heterocycles. The number of aliphatic hydroxyl groups is 1. The van der Waals surface area contributed by atoms with Crippen molar-refractivity contribution in [3.63, 3.8) is 0 Å². The van der Waals surface area contributed by atoms with E-state index in [0.717, 1.165) is 12.3 Å². The fourth-order valence-electron chi connectivity index (χ4n) is 1.60. The zero-order valence-electron chi connectivity index (χ0n) is 6.64. The van der Waals surface area contributed by atoms with Crippen LogP contribution in [0.3, 0.4) is 0 Å². The third-order valence-electron chi connectivity index (χ3n) is 2.27. The predicted molar refractivity (Wildman–Crippen MR) is 42.8 cm³/mol. The first-order valence-electron chi connectivity index (χ1n) is 4.14. The first-order valence-corrected chi connectivity index (χ1v) is 4.14. The van der Waals surface area contributed by atoms with Gasteiger partial charge in [-0.2, -0.15) is 0 Å². The summed E-state index contributed by atoms with van der Waals surface area (Å²) in [6.07, 6.45) is 7.01. The molecule has 10 heavy (non-hydrogen) atoms. The molecule has 0 amide bonds. The average molecular weight is 140 g/mol. The fraction of sp³-hybridized carbons (Fsp3) is 0.778. The predicted octanol–water partition coefficient (Wildman–Crippen LogP) is 2.12. The van der Waals surface area contributed by atoms with Gasteiger partial charge in [0, 0.05) is 6.61 Å². The summed E-state index contributed by atoms with van der Waals surface area (Å²) in [5, 5.41) is 8.57. The van der Waals surface area contributed by atoms with Crippen LogP contribution in [0.15, 0.2) is 11.6 Å². The zero-order chi connectivity index (χ0) is 7.40. The monoisotopic (exact) mass is 140 g/mol. The minimum Gasteiger partial charge on any atom is -0.396 e. The Kier molecular flexibility index (Phi) is 2.94. The molecule has 1 fully saturated rings. The molecule has 1 saturated carbocycles. The topological polar surface area (TPSA) is 20.2 Å². The summed E-state index contributed by atoms with van der Waals surface area (Å²) < 4.78 is 0. The number of hydrogen-bond donors (Lipinski definition) is 1. The maximum absolute atomic E-state index is 8.57. The molecule has 0 unspecified atom stereocenters. The molecule has 58 valence electrons. The van der Waals surface area contributed by atoms with Gasteiger partial charge in [0.15, 0.2) is 0 Å². The molecule has 0 spiro atoms. The molecule has 0 bridgehead atoms. The quantitative estimate of drug-likeness (QED) is 0.582. The summed E-state index contributed by atoms with van der Waals surface area (Å²) in [5.41, 5.74) is 1.56. The Morgan fingerprint density at radius 3 is 3.00 bits per heavy atom. The highest BCUT2D eigenvalue weighted by molar-refractivity contribution is 5.09. The Morgan fingerprint density at radius 1 is 1.70 bits per heavy atom. The van der Waals surface area contributed by atoms with Crippen LogP contribution in [0.1, 0.15) is 32.6 Å². The van der Waals surface area contributed by atoms with E-state index in [1.54, 1.807) is 5.57 Å². The van der Waals surface area contributed by atoms with Crippen LogP contribution in [-0.4, -0.2) is 11.7 Å². The van der Waals surface area contributed by atoms with Gasteiger partial charge in [0.25, 0.3) is 0 Å². The Labute approximate surface area is 62.8 Å². The fourth-order valence-corrected chi connectivity index (χ4v) is 1.60. The summed E-state index contributed by atoms with van der Waals surface area (Å²) in [6.45, 7) is 2.58. The first kappa shape index (κ1) is 7.80. The van der Waals surface area contributed by atoms with Gasteiger partial charge in [-0.05, 0) is 31.6 Å². The van der Waals surface area contributed by atoms with Crippen LogP contribution >= 0.6 is 0 Å². The summed E-state index contributed by atoms with van der Waals surface area (Å²) in [6, 6.07) is 0. The molecule has 1 heteroatoms. The molecule has 1 rings (SSSR count). The lowest BCUT2D eigenvalue weighted by atomic mass is 10.0. The number of aliphatic hydroxyl groups excluding tert-OH is 1. The van der Waals surface area contributed by atoms with Gasteiger partial charge in [0.1, 0.15) is 0 Å². The van der Waals surface area contributed by atoms with Crippen molar-refractivity contribution in [1.82, 2.24) is 0 Å². The molecule has 0 aromatic carbocycles. The second-order valence-corrected chi connectivity index (χ2v) is 3.08. The lowest BCUT2D eigenvalue weighted by molar-refractivity contribution is 0.302. The zero-order valence-corrected chi connectivity index (χ0v) is 6.64. The normalized spacial score (nSPS) is 29.8. The van der Waals surface area contributed by atoms with Crippen LogP contribution < -0.4 is 0 Å². The Balaban J connectivity index is 2.38. The molecule has 1 atom stereocenters. The van der Waals surface area contributed by atoms with Crippen molar-refractivity contribution in [2.24, 2.45) is 5.92 Å². The van der Waals surface area contributed by atoms with Crippen molar-refractivity contribution in [3.05, 3.63) is 11.6 Å².